The van der Waals surface area contributed by atoms with E-state index in [-0.39, 0.29) is 13.0 Å². The van der Waals surface area contributed by atoms with Crippen LogP contribution in [0, 0.1) is 0 Å². The van der Waals surface area contributed by atoms with Crippen molar-refractivity contribution in [3.8, 4) is 0 Å². The van der Waals surface area contributed by atoms with Crippen molar-refractivity contribution in [2.24, 2.45) is 0 Å². The Balaban J connectivity index is 2.41. The van der Waals surface area contributed by atoms with Gasteiger partial charge in [-0.1, -0.05) is 30.3 Å². The van der Waals surface area contributed by atoms with E-state index >= 15 is 0 Å². The summed E-state index contributed by atoms with van der Waals surface area (Å²) >= 11 is 0. The molecule has 7 nitrogen and oxygen atoms in total. The lowest BCUT2D eigenvalue weighted by Gasteiger charge is -2.19. The van der Waals surface area contributed by atoms with Crippen LogP contribution in [-0.4, -0.2) is 47.8 Å². The molecule has 1 amide bonds. The summed E-state index contributed by atoms with van der Waals surface area (Å²) in [7, 11) is 0. The third-order valence-corrected chi connectivity index (χ3v) is 2.79. The molecule has 0 saturated carbocycles. The van der Waals surface area contributed by atoms with Crippen molar-refractivity contribution in [1.82, 2.24) is 5.32 Å². The van der Waals surface area contributed by atoms with E-state index in [1.54, 1.807) is 45.0 Å². The lowest BCUT2D eigenvalue weighted by atomic mass is 10.1. The third kappa shape index (κ3) is 8.28. The van der Waals surface area contributed by atoms with Gasteiger partial charge in [-0.2, -0.15) is 0 Å². The van der Waals surface area contributed by atoms with Crippen LogP contribution in [0.3, 0.4) is 0 Å². The molecule has 0 aliphatic carbocycles. The van der Waals surface area contributed by atoms with Gasteiger partial charge in [-0.3, -0.25) is 4.79 Å². The van der Waals surface area contributed by atoms with Gasteiger partial charge < -0.3 is 19.9 Å². The van der Waals surface area contributed by atoms with E-state index in [1.807, 2.05) is 6.07 Å². The second-order valence-corrected chi connectivity index (χ2v) is 6.23. The molecule has 0 bridgehead atoms. The zero-order valence-electron chi connectivity index (χ0n) is 14.1. The molecule has 7 heteroatoms. The number of hydrogen-bond donors (Lipinski definition) is 2. The van der Waals surface area contributed by atoms with Crippen molar-refractivity contribution in [3.63, 3.8) is 0 Å². The highest BCUT2D eigenvalue weighted by Crippen LogP contribution is 2.07. The third-order valence-electron chi connectivity index (χ3n) is 2.79. The number of aliphatic carboxylic acids is 1. The van der Waals surface area contributed by atoms with Gasteiger partial charge in [0, 0.05) is 6.42 Å². The first-order valence-corrected chi connectivity index (χ1v) is 7.53. The van der Waals surface area contributed by atoms with Crippen LogP contribution in [0.25, 0.3) is 0 Å². The maximum atomic E-state index is 11.8. The predicted octanol–water partition coefficient (Wildman–Crippen LogP) is 1.16. The maximum absolute atomic E-state index is 11.8. The van der Waals surface area contributed by atoms with E-state index in [0.717, 1.165) is 5.56 Å². The fourth-order valence-electron chi connectivity index (χ4n) is 1.88. The van der Waals surface area contributed by atoms with Gasteiger partial charge in [0.1, 0.15) is 24.9 Å². The van der Waals surface area contributed by atoms with Crippen LogP contribution in [0.1, 0.15) is 26.3 Å². The van der Waals surface area contributed by atoms with Crippen LogP contribution >= 0.6 is 0 Å². The van der Waals surface area contributed by atoms with Crippen molar-refractivity contribution in [2.45, 2.75) is 38.8 Å². The number of amides is 1. The lowest BCUT2D eigenvalue weighted by Crippen LogP contribution is -2.44. The largest absolute Gasteiger partial charge is 0.480 e. The standard InChI is InChI=1S/C17H23NO6/c1-17(2,3)24-15(20)11-23-10-14(19)18-13(16(21)22)9-12-7-5-4-6-8-12/h4-8,13H,9-11H2,1-3H3,(H,18,19)(H,21,22)/t13-/m0/s1. The average Bonchev–Trinajstić information content (AvgIpc) is 2.45. The number of carbonyl (C=O) groups excluding carboxylic acids is 2. The molecular formula is C17H23NO6. The monoisotopic (exact) mass is 337 g/mol. The predicted molar refractivity (Wildman–Crippen MR) is 86.4 cm³/mol. The minimum atomic E-state index is -1.14. The zero-order chi connectivity index (χ0) is 18.2. The summed E-state index contributed by atoms with van der Waals surface area (Å²) in [5, 5.41) is 11.6. The molecule has 0 aliphatic rings. The zero-order valence-corrected chi connectivity index (χ0v) is 14.1. The number of carbonyl (C=O) groups is 3. The Bertz CT molecular complexity index is 564. The van der Waals surface area contributed by atoms with Crippen molar-refractivity contribution >= 4 is 17.8 Å². The normalized spacial score (nSPS) is 12.3. The summed E-state index contributed by atoms with van der Waals surface area (Å²) in [6.45, 7) is 4.37. The summed E-state index contributed by atoms with van der Waals surface area (Å²) < 4.78 is 9.98. The number of esters is 1. The Kier molecular flexibility index (Phi) is 7.38. The van der Waals surface area contributed by atoms with Crippen LogP contribution in [0.5, 0.6) is 0 Å². The molecule has 0 aromatic heterocycles. The molecule has 0 spiro atoms. The molecule has 2 N–H and O–H groups in total. The molecule has 1 atom stereocenters. The molecule has 0 aliphatic heterocycles. The Morgan fingerprint density at radius 3 is 2.29 bits per heavy atom. The lowest BCUT2D eigenvalue weighted by molar-refractivity contribution is -0.161. The van der Waals surface area contributed by atoms with E-state index in [2.05, 4.69) is 5.32 Å². The van der Waals surface area contributed by atoms with Gasteiger partial charge in [-0.05, 0) is 26.3 Å². The molecule has 1 aromatic rings. The topological polar surface area (TPSA) is 102 Å². The quantitative estimate of drug-likeness (QED) is 0.690. The Hall–Kier alpha value is -2.41. The van der Waals surface area contributed by atoms with Crippen molar-refractivity contribution < 1.29 is 29.0 Å². The summed E-state index contributed by atoms with van der Waals surface area (Å²) in [5.41, 5.74) is 0.159. The van der Waals surface area contributed by atoms with Crippen LogP contribution in [0.2, 0.25) is 0 Å². The molecular weight excluding hydrogens is 314 g/mol. The molecule has 0 saturated heterocycles. The Morgan fingerprint density at radius 1 is 1.12 bits per heavy atom. The van der Waals surface area contributed by atoms with Crippen molar-refractivity contribution in [2.75, 3.05) is 13.2 Å². The Labute approximate surface area is 141 Å². The van der Waals surface area contributed by atoms with Gasteiger partial charge in [0.15, 0.2) is 0 Å². The van der Waals surface area contributed by atoms with Crippen LogP contribution in [-0.2, 0) is 30.3 Å². The van der Waals surface area contributed by atoms with Gasteiger partial charge in [0.2, 0.25) is 5.91 Å². The highest BCUT2D eigenvalue weighted by molar-refractivity contribution is 5.84. The number of hydrogen-bond acceptors (Lipinski definition) is 5. The van der Waals surface area contributed by atoms with E-state index in [4.69, 9.17) is 9.47 Å². The number of carboxylic acids is 1. The highest BCUT2D eigenvalue weighted by atomic mass is 16.6. The summed E-state index contributed by atoms with van der Waals surface area (Å²) in [6.07, 6.45) is 0.161. The van der Waals surface area contributed by atoms with Crippen LogP contribution < -0.4 is 5.32 Å². The number of benzene rings is 1. The molecule has 0 unspecified atom stereocenters. The smallest absolute Gasteiger partial charge is 0.332 e. The van der Waals surface area contributed by atoms with Crippen LogP contribution in [0.15, 0.2) is 30.3 Å². The van der Waals surface area contributed by atoms with Gasteiger partial charge in [0.25, 0.3) is 0 Å². The van der Waals surface area contributed by atoms with Crippen molar-refractivity contribution in [3.05, 3.63) is 35.9 Å². The fraction of sp³-hybridized carbons (Fsp3) is 0.471. The number of carboxylic acid groups (broad SMARTS) is 1. The van der Waals surface area contributed by atoms with Crippen molar-refractivity contribution in [1.29, 1.82) is 0 Å². The minimum absolute atomic E-state index is 0.161. The number of rotatable bonds is 8. The molecule has 0 fully saturated rings. The minimum Gasteiger partial charge on any atom is -0.480 e. The Morgan fingerprint density at radius 2 is 1.75 bits per heavy atom. The first-order valence-electron chi connectivity index (χ1n) is 7.53. The van der Waals surface area contributed by atoms with E-state index in [0.29, 0.717) is 0 Å². The first kappa shape index (κ1) is 19.6. The maximum Gasteiger partial charge on any atom is 0.332 e. The van der Waals surface area contributed by atoms with E-state index < -0.39 is 36.1 Å². The summed E-state index contributed by atoms with van der Waals surface area (Å²) in [4.78, 5) is 34.5. The van der Waals surface area contributed by atoms with E-state index in [9.17, 15) is 19.5 Å². The molecule has 132 valence electrons. The SMILES string of the molecule is CC(C)(C)OC(=O)COCC(=O)N[C@@H](Cc1ccccc1)C(=O)O. The van der Waals surface area contributed by atoms with Crippen LogP contribution in [0.4, 0.5) is 0 Å². The van der Waals surface area contributed by atoms with Gasteiger partial charge >= 0.3 is 11.9 Å². The molecule has 1 aromatic carbocycles. The number of ether oxygens (including phenoxy) is 2. The van der Waals surface area contributed by atoms with Gasteiger partial charge in [-0.15, -0.1) is 0 Å². The summed E-state index contributed by atoms with van der Waals surface area (Å²) in [6, 6.07) is 7.90. The van der Waals surface area contributed by atoms with Gasteiger partial charge in [-0.25, -0.2) is 9.59 Å². The van der Waals surface area contributed by atoms with E-state index in [1.165, 1.54) is 0 Å². The first-order chi connectivity index (χ1) is 11.2. The highest BCUT2D eigenvalue weighted by Gasteiger charge is 2.21. The van der Waals surface area contributed by atoms with Gasteiger partial charge in [0.05, 0.1) is 0 Å². The second-order valence-electron chi connectivity index (χ2n) is 6.23. The summed E-state index contributed by atoms with van der Waals surface area (Å²) in [5.74, 6) is -2.34. The number of nitrogens with one attached hydrogen (secondary N) is 1. The average molecular weight is 337 g/mol. The molecule has 0 heterocycles. The second kappa shape index (κ2) is 9.02. The molecule has 0 radical (unpaired) electrons. The molecule has 24 heavy (non-hydrogen) atoms. The molecule has 1 rings (SSSR count). The fourth-order valence-corrected chi connectivity index (χ4v) is 1.88.